The van der Waals surface area contributed by atoms with Crippen molar-refractivity contribution in [2.75, 3.05) is 24.7 Å². The first-order chi connectivity index (χ1) is 12.1. The van der Waals surface area contributed by atoms with Crippen LogP contribution in [0.4, 0.5) is 4.39 Å². The van der Waals surface area contributed by atoms with Crippen molar-refractivity contribution in [3.05, 3.63) is 52.5 Å². The number of carbonyl (C=O) groups excluding carboxylic acids is 2. The van der Waals surface area contributed by atoms with Crippen LogP contribution in [0.15, 0.2) is 46.7 Å². The van der Waals surface area contributed by atoms with Crippen molar-refractivity contribution >= 4 is 46.7 Å². The zero-order valence-corrected chi connectivity index (χ0v) is 15.9. The van der Waals surface area contributed by atoms with E-state index in [0.717, 1.165) is 23.3 Å². The van der Waals surface area contributed by atoms with Crippen molar-refractivity contribution in [1.82, 2.24) is 5.32 Å². The summed E-state index contributed by atoms with van der Waals surface area (Å²) in [6.07, 6.45) is 0. The summed E-state index contributed by atoms with van der Waals surface area (Å²) in [5.41, 5.74) is 0. The average molecular weight is 400 g/mol. The minimum Gasteiger partial charge on any atom is -0.455 e. The summed E-state index contributed by atoms with van der Waals surface area (Å²) >= 11 is 4.49. The van der Waals surface area contributed by atoms with E-state index in [9.17, 15) is 14.0 Å². The maximum atomic E-state index is 13.4. The highest BCUT2D eigenvalue weighted by Crippen LogP contribution is 2.21. The summed E-state index contributed by atoms with van der Waals surface area (Å²) in [6, 6.07) is 10.3. The predicted octanol–water partition coefficient (Wildman–Crippen LogP) is 3.57. The molecular weight excluding hydrogens is 381 g/mol. The Morgan fingerprint density at radius 3 is 2.80 bits per heavy atom. The third-order valence-corrected chi connectivity index (χ3v) is 6.03. The van der Waals surface area contributed by atoms with E-state index in [4.69, 9.17) is 4.74 Å². The summed E-state index contributed by atoms with van der Waals surface area (Å²) in [5, 5.41) is 4.74. The van der Waals surface area contributed by atoms with Gasteiger partial charge in [0.25, 0.3) is 5.91 Å². The summed E-state index contributed by atoms with van der Waals surface area (Å²) in [5.74, 6) is 0.427. The molecule has 2 aromatic rings. The van der Waals surface area contributed by atoms with E-state index in [1.165, 1.54) is 10.9 Å². The van der Waals surface area contributed by atoms with Gasteiger partial charge in [-0.2, -0.15) is 11.8 Å². The molecular formula is C17H18FNO3S3. The lowest BCUT2D eigenvalue weighted by Crippen LogP contribution is -2.30. The number of hydrogen-bond donors (Lipinski definition) is 1. The van der Waals surface area contributed by atoms with Gasteiger partial charge in [-0.3, -0.25) is 9.59 Å². The van der Waals surface area contributed by atoms with Crippen LogP contribution in [0.1, 0.15) is 4.88 Å². The van der Waals surface area contributed by atoms with Crippen LogP contribution in [-0.2, 0) is 20.1 Å². The number of thioether (sulfide) groups is 2. The number of benzene rings is 1. The Kier molecular flexibility index (Phi) is 8.85. The number of hydrogen-bond acceptors (Lipinski definition) is 6. The molecule has 0 radical (unpaired) electrons. The lowest BCUT2D eigenvalue weighted by atomic mass is 10.3. The van der Waals surface area contributed by atoms with E-state index in [1.807, 2.05) is 11.4 Å². The fourth-order valence-corrected chi connectivity index (χ4v) is 4.20. The molecule has 0 unspecified atom stereocenters. The maximum Gasteiger partial charge on any atom is 0.316 e. The number of thiophene rings is 1. The highest BCUT2D eigenvalue weighted by atomic mass is 32.2. The molecule has 2 rings (SSSR count). The van der Waals surface area contributed by atoms with E-state index < -0.39 is 5.97 Å². The fraction of sp³-hybridized carbons (Fsp3) is 0.294. The molecule has 0 aliphatic rings. The van der Waals surface area contributed by atoms with Crippen molar-refractivity contribution in [3.63, 3.8) is 0 Å². The molecule has 0 aliphatic heterocycles. The molecule has 4 nitrogen and oxygen atoms in total. The van der Waals surface area contributed by atoms with Crippen LogP contribution >= 0.6 is 34.9 Å². The number of carbonyl (C=O) groups is 2. The Hall–Kier alpha value is -1.51. The van der Waals surface area contributed by atoms with Gasteiger partial charge in [0.15, 0.2) is 6.61 Å². The van der Waals surface area contributed by atoms with Gasteiger partial charge in [-0.25, -0.2) is 4.39 Å². The third kappa shape index (κ3) is 7.94. The third-order valence-electron chi connectivity index (χ3n) is 2.94. The lowest BCUT2D eigenvalue weighted by Gasteiger charge is -2.07. The molecule has 8 heteroatoms. The predicted molar refractivity (Wildman–Crippen MR) is 102 cm³/mol. The van der Waals surface area contributed by atoms with Crippen LogP contribution in [-0.4, -0.2) is 36.5 Å². The molecule has 0 saturated carbocycles. The smallest absolute Gasteiger partial charge is 0.316 e. The van der Waals surface area contributed by atoms with Gasteiger partial charge in [0.2, 0.25) is 0 Å². The van der Waals surface area contributed by atoms with Crippen LogP contribution in [0.25, 0.3) is 0 Å². The summed E-state index contributed by atoms with van der Waals surface area (Å²) in [7, 11) is 0. The molecule has 0 saturated heterocycles. The van der Waals surface area contributed by atoms with Gasteiger partial charge in [0.05, 0.1) is 5.75 Å². The van der Waals surface area contributed by atoms with Gasteiger partial charge in [-0.05, 0) is 23.6 Å². The van der Waals surface area contributed by atoms with Gasteiger partial charge < -0.3 is 10.1 Å². The minimum absolute atomic E-state index is 0.0368. The number of halogens is 1. The molecule has 0 spiro atoms. The first kappa shape index (κ1) is 19.8. The summed E-state index contributed by atoms with van der Waals surface area (Å²) in [4.78, 5) is 24.9. The SMILES string of the molecule is O=C(COC(=O)CSc1ccccc1F)NCCSCc1cccs1. The second-order valence-corrected chi connectivity index (χ2v) is 8.02. The normalized spacial score (nSPS) is 10.4. The van der Waals surface area contributed by atoms with Crippen LogP contribution in [0, 0.1) is 5.82 Å². The zero-order chi connectivity index (χ0) is 17.9. The fourth-order valence-electron chi connectivity index (χ4n) is 1.77. The molecule has 1 heterocycles. The van der Waals surface area contributed by atoms with E-state index in [1.54, 1.807) is 41.3 Å². The lowest BCUT2D eigenvalue weighted by molar-refractivity contribution is -0.145. The van der Waals surface area contributed by atoms with Gasteiger partial charge in [0.1, 0.15) is 5.82 Å². The van der Waals surface area contributed by atoms with Crippen molar-refractivity contribution in [2.45, 2.75) is 10.6 Å². The molecule has 1 aromatic heterocycles. The van der Waals surface area contributed by atoms with E-state index in [-0.39, 0.29) is 24.1 Å². The quantitative estimate of drug-likeness (QED) is 0.376. The molecule has 1 N–H and O–H groups in total. The van der Waals surface area contributed by atoms with E-state index in [2.05, 4.69) is 11.4 Å². The van der Waals surface area contributed by atoms with Crippen molar-refractivity contribution in [2.24, 2.45) is 0 Å². The van der Waals surface area contributed by atoms with Crippen molar-refractivity contribution in [1.29, 1.82) is 0 Å². The monoisotopic (exact) mass is 399 g/mol. The van der Waals surface area contributed by atoms with Gasteiger partial charge in [-0.15, -0.1) is 23.1 Å². The second-order valence-electron chi connectivity index (χ2n) is 4.86. The minimum atomic E-state index is -0.546. The Bertz CT molecular complexity index is 680. The number of rotatable bonds is 10. The molecule has 0 aliphatic carbocycles. The summed E-state index contributed by atoms with van der Waals surface area (Å²) in [6.45, 7) is 0.211. The Balaban J connectivity index is 1.52. The maximum absolute atomic E-state index is 13.4. The number of nitrogens with one attached hydrogen (secondary N) is 1. The molecule has 0 atom stereocenters. The summed E-state index contributed by atoms with van der Waals surface area (Å²) < 4.78 is 18.3. The van der Waals surface area contributed by atoms with Crippen molar-refractivity contribution < 1.29 is 18.7 Å². The van der Waals surface area contributed by atoms with Crippen LogP contribution in [0.2, 0.25) is 0 Å². The Labute approximate surface area is 158 Å². The first-order valence-corrected chi connectivity index (χ1v) is 10.6. The molecule has 1 amide bonds. The van der Waals surface area contributed by atoms with Gasteiger partial charge >= 0.3 is 5.97 Å². The van der Waals surface area contributed by atoms with E-state index in [0.29, 0.717) is 11.4 Å². The second kappa shape index (κ2) is 11.2. The van der Waals surface area contributed by atoms with Gasteiger partial charge in [0, 0.05) is 27.8 Å². The molecule has 25 heavy (non-hydrogen) atoms. The largest absolute Gasteiger partial charge is 0.455 e. The number of ether oxygens (including phenoxy) is 1. The highest BCUT2D eigenvalue weighted by Gasteiger charge is 2.09. The number of amides is 1. The highest BCUT2D eigenvalue weighted by molar-refractivity contribution is 8.00. The Morgan fingerprint density at radius 2 is 2.04 bits per heavy atom. The van der Waals surface area contributed by atoms with Crippen LogP contribution < -0.4 is 5.32 Å². The first-order valence-electron chi connectivity index (χ1n) is 7.55. The van der Waals surface area contributed by atoms with Crippen LogP contribution in [0.3, 0.4) is 0 Å². The van der Waals surface area contributed by atoms with Gasteiger partial charge in [-0.1, -0.05) is 18.2 Å². The van der Waals surface area contributed by atoms with Crippen LogP contribution in [0.5, 0.6) is 0 Å². The number of esters is 1. The standard InChI is InChI=1S/C17H18FNO3S3/c18-14-5-1-2-6-15(14)25-12-17(21)22-10-16(20)19-7-9-23-11-13-4-3-8-24-13/h1-6,8H,7,9-12H2,(H,19,20). The Morgan fingerprint density at radius 1 is 1.20 bits per heavy atom. The van der Waals surface area contributed by atoms with Crippen molar-refractivity contribution in [3.8, 4) is 0 Å². The molecule has 0 fully saturated rings. The zero-order valence-electron chi connectivity index (χ0n) is 13.4. The van der Waals surface area contributed by atoms with E-state index >= 15 is 0 Å². The average Bonchev–Trinajstić information content (AvgIpc) is 3.12. The molecule has 0 bridgehead atoms. The topological polar surface area (TPSA) is 55.4 Å². The molecule has 134 valence electrons. The molecule has 1 aromatic carbocycles.